The molecule has 0 aromatic rings. The largest absolute Gasteiger partial charge is 0.388 e. The van der Waals surface area contributed by atoms with E-state index in [1.165, 1.54) is 7.11 Å². The zero-order valence-corrected chi connectivity index (χ0v) is 14.4. The monoisotopic (exact) mass is 314 g/mol. The summed E-state index contributed by atoms with van der Waals surface area (Å²) in [5, 5.41) is 8.44. The minimum Gasteiger partial charge on any atom is -0.388 e. The van der Waals surface area contributed by atoms with Gasteiger partial charge >= 0.3 is 0 Å². The van der Waals surface area contributed by atoms with E-state index >= 15 is 0 Å². The predicted octanol–water partition coefficient (Wildman–Crippen LogP) is 1.28. The molecule has 7 nitrogen and oxygen atoms in total. The molecule has 0 aromatic carbocycles. The third-order valence-corrected chi connectivity index (χ3v) is 1.65. The van der Waals surface area contributed by atoms with Crippen LogP contribution in [0, 0.1) is 0 Å². The molecule has 0 aromatic heterocycles. The second-order valence-electron chi connectivity index (χ2n) is 3.63. The summed E-state index contributed by atoms with van der Waals surface area (Å²) in [6, 6.07) is 0. The molecule has 21 heavy (non-hydrogen) atoms. The first kappa shape index (κ1) is 25.7. The summed E-state index contributed by atoms with van der Waals surface area (Å²) in [5.41, 5.74) is 0. The van der Waals surface area contributed by atoms with Gasteiger partial charge in [-0.15, -0.1) is 0 Å². The van der Waals surface area contributed by atoms with Crippen molar-refractivity contribution in [3.8, 4) is 0 Å². The van der Waals surface area contributed by atoms with Crippen LogP contribution in [-0.4, -0.2) is 79.7 Å². The lowest BCUT2D eigenvalue weighted by molar-refractivity contribution is -0.0748. The molecule has 2 heterocycles. The minimum absolute atomic E-state index is 0.500. The quantitative estimate of drug-likeness (QED) is 0.621. The summed E-state index contributed by atoms with van der Waals surface area (Å²) in [6.07, 6.45) is 0.0984. The van der Waals surface area contributed by atoms with Crippen LogP contribution in [0.4, 0.5) is 0 Å². The van der Waals surface area contributed by atoms with Crippen LogP contribution in [0.1, 0.15) is 20.3 Å². The van der Waals surface area contributed by atoms with Gasteiger partial charge in [-0.25, -0.2) is 0 Å². The fourth-order valence-corrected chi connectivity index (χ4v) is 0.461. The molecule has 1 N–H and O–H groups in total. The third-order valence-electron chi connectivity index (χ3n) is 1.65. The SMILES string of the molecule is C1CO1.C1COCO1.CCC(O)OC.CCOC.COC. The van der Waals surface area contributed by atoms with Crippen molar-refractivity contribution in [1.82, 2.24) is 0 Å². The van der Waals surface area contributed by atoms with E-state index < -0.39 is 6.29 Å². The molecule has 2 fully saturated rings. The molecule has 1 unspecified atom stereocenters. The molecule has 0 aliphatic carbocycles. The summed E-state index contributed by atoms with van der Waals surface area (Å²) >= 11 is 0. The highest BCUT2D eigenvalue weighted by atomic mass is 16.7. The molecule has 0 bridgehead atoms. The average Bonchev–Trinajstić information content (AvgIpc) is 3.29. The first-order chi connectivity index (χ1) is 10.1. The molecule has 2 rings (SSSR count). The molecule has 2 aliphatic heterocycles. The number of ether oxygens (including phenoxy) is 6. The summed E-state index contributed by atoms with van der Waals surface area (Å²) in [6.45, 7) is 8.69. The van der Waals surface area contributed by atoms with Crippen LogP contribution < -0.4 is 0 Å². The number of epoxide rings is 1. The van der Waals surface area contributed by atoms with Crippen molar-refractivity contribution in [2.45, 2.75) is 26.6 Å². The van der Waals surface area contributed by atoms with E-state index in [1.807, 2.05) is 13.8 Å². The summed E-state index contributed by atoms with van der Waals surface area (Å²) in [5.74, 6) is 0. The lowest BCUT2D eigenvalue weighted by Crippen LogP contribution is -2.05. The lowest BCUT2D eigenvalue weighted by atomic mass is 10.5. The van der Waals surface area contributed by atoms with Crippen LogP contribution in [0.3, 0.4) is 0 Å². The number of hydrogen-bond acceptors (Lipinski definition) is 7. The van der Waals surface area contributed by atoms with Gasteiger partial charge in [-0.2, -0.15) is 0 Å². The van der Waals surface area contributed by atoms with Crippen LogP contribution in [0.25, 0.3) is 0 Å². The highest BCUT2D eigenvalue weighted by Gasteiger charge is 1.94. The maximum Gasteiger partial charge on any atom is 0.153 e. The van der Waals surface area contributed by atoms with E-state index in [4.69, 9.17) is 14.6 Å². The Morgan fingerprint density at radius 2 is 1.24 bits per heavy atom. The number of aliphatic hydroxyl groups excluding tert-OH is 1. The lowest BCUT2D eigenvalue weighted by Gasteiger charge is -2.00. The van der Waals surface area contributed by atoms with Gasteiger partial charge in [0.15, 0.2) is 6.29 Å². The van der Waals surface area contributed by atoms with Crippen molar-refractivity contribution in [1.29, 1.82) is 0 Å². The molecule has 0 spiro atoms. The fourth-order valence-electron chi connectivity index (χ4n) is 0.461. The van der Waals surface area contributed by atoms with Gasteiger partial charge < -0.3 is 33.5 Å². The van der Waals surface area contributed by atoms with Gasteiger partial charge in [-0.05, 0) is 13.3 Å². The zero-order valence-electron chi connectivity index (χ0n) is 14.4. The second-order valence-corrected chi connectivity index (χ2v) is 3.63. The topological polar surface area (TPSA) is 78.9 Å². The van der Waals surface area contributed by atoms with Crippen molar-refractivity contribution < 1.29 is 33.5 Å². The van der Waals surface area contributed by atoms with Crippen molar-refractivity contribution in [3.05, 3.63) is 0 Å². The fraction of sp³-hybridized carbons (Fsp3) is 1.00. The van der Waals surface area contributed by atoms with Gasteiger partial charge in [-0.3, -0.25) is 0 Å². The van der Waals surface area contributed by atoms with Crippen LogP contribution in [0.5, 0.6) is 0 Å². The predicted molar refractivity (Wildman–Crippen MR) is 81.4 cm³/mol. The normalized spacial score (nSPS) is 15.6. The molecule has 2 saturated heterocycles. The summed E-state index contributed by atoms with van der Waals surface area (Å²) < 4.78 is 27.2. The van der Waals surface area contributed by atoms with Gasteiger partial charge in [-0.1, -0.05) is 6.92 Å². The van der Waals surface area contributed by atoms with E-state index in [0.29, 0.717) is 13.2 Å². The van der Waals surface area contributed by atoms with Gasteiger partial charge in [0.05, 0.1) is 26.4 Å². The smallest absolute Gasteiger partial charge is 0.153 e. The highest BCUT2D eigenvalue weighted by molar-refractivity contribution is 4.36. The van der Waals surface area contributed by atoms with E-state index in [2.05, 4.69) is 18.9 Å². The second kappa shape index (κ2) is 28.0. The van der Waals surface area contributed by atoms with Crippen LogP contribution in [0.2, 0.25) is 0 Å². The molecular formula is C14H34O7. The molecule has 7 heteroatoms. The van der Waals surface area contributed by atoms with Crippen molar-refractivity contribution in [3.63, 3.8) is 0 Å². The van der Waals surface area contributed by atoms with Crippen LogP contribution in [-0.2, 0) is 28.4 Å². The van der Waals surface area contributed by atoms with Gasteiger partial charge in [0.25, 0.3) is 0 Å². The third kappa shape index (κ3) is 53.9. The molecule has 0 radical (unpaired) electrons. The van der Waals surface area contributed by atoms with Gasteiger partial charge in [0, 0.05) is 35.0 Å². The van der Waals surface area contributed by atoms with E-state index in [9.17, 15) is 0 Å². The Morgan fingerprint density at radius 1 is 0.905 bits per heavy atom. The molecule has 132 valence electrons. The van der Waals surface area contributed by atoms with Crippen molar-refractivity contribution >= 4 is 0 Å². The van der Waals surface area contributed by atoms with E-state index in [0.717, 1.165) is 33.0 Å². The first-order valence-corrected chi connectivity index (χ1v) is 6.97. The Labute approximate surface area is 129 Å². The molecule has 0 amide bonds. The number of rotatable bonds is 3. The Kier molecular flexibility index (Phi) is 34.2. The molecule has 1 atom stereocenters. The summed E-state index contributed by atoms with van der Waals surface area (Å²) in [7, 11) is 6.41. The Morgan fingerprint density at radius 3 is 1.29 bits per heavy atom. The number of aliphatic hydroxyl groups is 1. The van der Waals surface area contributed by atoms with E-state index in [1.54, 1.807) is 21.3 Å². The Bertz CT molecular complexity index is 125. The highest BCUT2D eigenvalue weighted by Crippen LogP contribution is 1.86. The maximum absolute atomic E-state index is 8.44. The average molecular weight is 314 g/mol. The van der Waals surface area contributed by atoms with Gasteiger partial charge in [0.2, 0.25) is 0 Å². The minimum atomic E-state index is -0.565. The van der Waals surface area contributed by atoms with E-state index in [-0.39, 0.29) is 0 Å². The Hall–Kier alpha value is -0.280. The maximum atomic E-state index is 8.44. The molecule has 2 aliphatic rings. The van der Waals surface area contributed by atoms with Crippen LogP contribution in [0.15, 0.2) is 0 Å². The number of hydrogen-bond donors (Lipinski definition) is 1. The van der Waals surface area contributed by atoms with Gasteiger partial charge in [0.1, 0.15) is 6.79 Å². The summed E-state index contributed by atoms with van der Waals surface area (Å²) in [4.78, 5) is 0. The van der Waals surface area contributed by atoms with Crippen molar-refractivity contribution in [2.24, 2.45) is 0 Å². The molecule has 0 saturated carbocycles. The number of methoxy groups -OCH3 is 3. The molecular weight excluding hydrogens is 280 g/mol. The standard InChI is InChI=1S/C4H10O2.C3H6O2.C3H8O.C2H4O.C2H6O/c1-3-4(5)6-2;1-2-5-3-4-1;1-3-4-2;1-2-3-1;1-3-2/h4-5H,3H2,1-2H3;1-3H2;3H2,1-2H3;1-2H2;1-2H3. The van der Waals surface area contributed by atoms with Crippen molar-refractivity contribution in [2.75, 3.05) is 68.3 Å². The zero-order chi connectivity index (χ0) is 16.8. The Balaban J connectivity index is -0.000000198. The first-order valence-electron chi connectivity index (χ1n) is 6.97. The van der Waals surface area contributed by atoms with Crippen LogP contribution >= 0.6 is 0 Å².